The zero-order valence-electron chi connectivity index (χ0n) is 16.6. The number of rotatable bonds is 7. The van der Waals surface area contributed by atoms with Crippen LogP contribution in [0.4, 0.5) is 5.82 Å². The van der Waals surface area contributed by atoms with E-state index in [-0.39, 0.29) is 5.70 Å². The lowest BCUT2D eigenvalue weighted by Crippen LogP contribution is -2.30. The van der Waals surface area contributed by atoms with E-state index in [0.717, 1.165) is 5.56 Å². The van der Waals surface area contributed by atoms with E-state index >= 15 is 0 Å². The van der Waals surface area contributed by atoms with Crippen LogP contribution in [-0.2, 0) is 11.3 Å². The zero-order chi connectivity index (χ0) is 21.5. The van der Waals surface area contributed by atoms with E-state index in [2.05, 4.69) is 15.7 Å². The van der Waals surface area contributed by atoms with E-state index in [1.807, 2.05) is 36.4 Å². The number of hydrogen-bond acceptors (Lipinski definition) is 4. The predicted molar refractivity (Wildman–Crippen MR) is 117 cm³/mol. The minimum Gasteiger partial charge on any atom is -0.465 e. The van der Waals surface area contributed by atoms with Crippen LogP contribution < -0.4 is 10.6 Å². The van der Waals surface area contributed by atoms with E-state index in [0.29, 0.717) is 23.7 Å². The molecule has 2 aromatic carbocycles. The summed E-state index contributed by atoms with van der Waals surface area (Å²) in [5.74, 6) is -0.0952. The number of carbonyl (C=O) groups is 2. The van der Waals surface area contributed by atoms with Crippen LogP contribution in [0.3, 0.4) is 0 Å². The Kier molecular flexibility index (Phi) is 6.04. The first kappa shape index (κ1) is 19.9. The fourth-order valence-corrected chi connectivity index (χ4v) is 2.93. The molecule has 31 heavy (non-hydrogen) atoms. The molecule has 0 aliphatic rings. The number of hydrogen-bond donors (Lipinski definition) is 2. The van der Waals surface area contributed by atoms with Crippen molar-refractivity contribution in [1.29, 1.82) is 0 Å². The summed E-state index contributed by atoms with van der Waals surface area (Å²) in [6.45, 7) is 0.580. The average molecular weight is 412 g/mol. The van der Waals surface area contributed by atoms with Crippen LogP contribution in [0.1, 0.15) is 21.7 Å². The molecule has 4 rings (SSSR count). The minimum atomic E-state index is -0.509. The molecule has 0 saturated heterocycles. The van der Waals surface area contributed by atoms with Crippen LogP contribution in [0, 0.1) is 0 Å². The molecule has 0 saturated carbocycles. The van der Waals surface area contributed by atoms with Gasteiger partial charge in [0.05, 0.1) is 12.8 Å². The largest absolute Gasteiger partial charge is 0.465 e. The Morgan fingerprint density at radius 3 is 2.39 bits per heavy atom. The fourth-order valence-electron chi connectivity index (χ4n) is 2.93. The minimum absolute atomic E-state index is 0.0430. The van der Waals surface area contributed by atoms with Gasteiger partial charge in [-0.3, -0.25) is 14.3 Å². The van der Waals surface area contributed by atoms with Gasteiger partial charge in [-0.15, -0.1) is 0 Å². The third kappa shape index (κ3) is 5.36. The first-order valence-electron chi connectivity index (χ1n) is 9.68. The molecule has 7 nitrogen and oxygen atoms in total. The molecule has 2 aromatic heterocycles. The molecule has 0 atom stereocenters. The molecule has 154 valence electrons. The van der Waals surface area contributed by atoms with Crippen molar-refractivity contribution in [2.75, 3.05) is 5.32 Å². The van der Waals surface area contributed by atoms with Gasteiger partial charge in [0.1, 0.15) is 11.5 Å². The molecule has 0 radical (unpaired) electrons. The number of carbonyl (C=O) groups excluding carboxylic acids is 2. The monoisotopic (exact) mass is 412 g/mol. The summed E-state index contributed by atoms with van der Waals surface area (Å²) >= 11 is 0. The van der Waals surface area contributed by atoms with Crippen molar-refractivity contribution in [2.24, 2.45) is 0 Å². The number of aromatic nitrogens is 2. The zero-order valence-corrected chi connectivity index (χ0v) is 16.6. The van der Waals surface area contributed by atoms with Crippen molar-refractivity contribution in [3.8, 4) is 0 Å². The second kappa shape index (κ2) is 9.41. The lowest BCUT2D eigenvalue weighted by Gasteiger charge is -2.09. The van der Waals surface area contributed by atoms with E-state index in [9.17, 15) is 9.59 Å². The van der Waals surface area contributed by atoms with Gasteiger partial charge in [0, 0.05) is 23.9 Å². The van der Waals surface area contributed by atoms with Crippen LogP contribution in [0.5, 0.6) is 0 Å². The molecule has 4 aromatic rings. The Labute approximate surface area is 179 Å². The lowest BCUT2D eigenvalue weighted by atomic mass is 10.2. The molecular formula is C24H20N4O3. The van der Waals surface area contributed by atoms with E-state index in [4.69, 9.17) is 4.42 Å². The van der Waals surface area contributed by atoms with Crippen molar-refractivity contribution in [3.05, 3.63) is 114 Å². The summed E-state index contributed by atoms with van der Waals surface area (Å²) in [5.41, 5.74) is 1.58. The van der Waals surface area contributed by atoms with Crippen molar-refractivity contribution in [1.82, 2.24) is 15.1 Å². The van der Waals surface area contributed by atoms with Crippen LogP contribution in [-0.4, -0.2) is 21.6 Å². The third-order valence-electron chi connectivity index (χ3n) is 4.43. The normalized spacial score (nSPS) is 11.2. The molecule has 0 unspecified atom stereocenters. The Morgan fingerprint density at radius 1 is 0.935 bits per heavy atom. The Morgan fingerprint density at radius 2 is 1.68 bits per heavy atom. The Bertz CT molecular complexity index is 1180. The number of amides is 2. The van der Waals surface area contributed by atoms with Crippen molar-refractivity contribution >= 4 is 23.7 Å². The summed E-state index contributed by atoms with van der Waals surface area (Å²) in [7, 11) is 0. The standard InChI is InChI=1S/C24H20N4O3/c29-23(19-10-5-2-6-11-19)25-21(16-20-12-7-15-31-20)24(30)26-22-13-14-28(27-22)17-18-8-3-1-4-9-18/h1-16H,17H2,(H,25,29)(H,26,27,30). The number of furan rings is 1. The van der Waals surface area contributed by atoms with Crippen molar-refractivity contribution < 1.29 is 14.0 Å². The SMILES string of the molecule is O=C(Nc1ccn(Cc2ccccc2)n1)C(=Cc1ccco1)NC(=O)c1ccccc1. The Hall–Kier alpha value is -4.39. The second-order valence-electron chi connectivity index (χ2n) is 6.73. The van der Waals surface area contributed by atoms with Gasteiger partial charge in [-0.05, 0) is 29.8 Å². The molecule has 2 amide bonds. The summed E-state index contributed by atoms with van der Waals surface area (Å²) in [6, 6.07) is 23.6. The first-order chi connectivity index (χ1) is 15.2. The maximum atomic E-state index is 12.9. The van der Waals surface area contributed by atoms with Gasteiger partial charge in [0.15, 0.2) is 5.82 Å². The van der Waals surface area contributed by atoms with Gasteiger partial charge in [-0.1, -0.05) is 48.5 Å². The third-order valence-corrected chi connectivity index (χ3v) is 4.43. The van der Waals surface area contributed by atoms with Crippen molar-refractivity contribution in [3.63, 3.8) is 0 Å². The molecule has 2 heterocycles. The molecule has 0 bridgehead atoms. The number of anilines is 1. The molecule has 0 spiro atoms. The molecule has 7 heteroatoms. The maximum Gasteiger partial charge on any atom is 0.273 e. The van der Waals surface area contributed by atoms with Crippen LogP contribution in [0.15, 0.2) is 101 Å². The summed E-state index contributed by atoms with van der Waals surface area (Å²) in [4.78, 5) is 25.5. The molecule has 0 aliphatic carbocycles. The van der Waals surface area contributed by atoms with Crippen LogP contribution in [0.2, 0.25) is 0 Å². The number of benzene rings is 2. The van der Waals surface area contributed by atoms with E-state index < -0.39 is 11.8 Å². The molecule has 2 N–H and O–H groups in total. The fraction of sp³-hybridized carbons (Fsp3) is 0.0417. The quantitative estimate of drug-likeness (QED) is 0.450. The predicted octanol–water partition coefficient (Wildman–Crippen LogP) is 3.93. The molecular weight excluding hydrogens is 392 g/mol. The molecule has 0 aliphatic heterocycles. The second-order valence-corrected chi connectivity index (χ2v) is 6.73. The molecule has 0 fully saturated rings. The highest BCUT2D eigenvalue weighted by Gasteiger charge is 2.16. The van der Waals surface area contributed by atoms with Crippen molar-refractivity contribution in [2.45, 2.75) is 6.54 Å². The first-order valence-corrected chi connectivity index (χ1v) is 9.68. The number of nitrogens with zero attached hydrogens (tertiary/aromatic N) is 2. The average Bonchev–Trinajstić information content (AvgIpc) is 3.47. The smallest absolute Gasteiger partial charge is 0.273 e. The van der Waals surface area contributed by atoms with E-state index in [1.54, 1.807) is 53.3 Å². The lowest BCUT2D eigenvalue weighted by molar-refractivity contribution is -0.113. The summed E-state index contributed by atoms with van der Waals surface area (Å²) < 4.78 is 7.02. The van der Waals surface area contributed by atoms with Gasteiger partial charge in [0.2, 0.25) is 0 Å². The van der Waals surface area contributed by atoms with Crippen LogP contribution in [0.25, 0.3) is 6.08 Å². The Balaban J connectivity index is 1.49. The van der Waals surface area contributed by atoms with Gasteiger partial charge in [0.25, 0.3) is 11.8 Å². The highest BCUT2D eigenvalue weighted by molar-refractivity contribution is 6.10. The van der Waals surface area contributed by atoms with E-state index in [1.165, 1.54) is 12.3 Å². The highest BCUT2D eigenvalue weighted by Crippen LogP contribution is 2.11. The van der Waals surface area contributed by atoms with Gasteiger partial charge in [-0.2, -0.15) is 5.10 Å². The summed E-state index contributed by atoms with van der Waals surface area (Å²) in [6.07, 6.45) is 4.74. The highest BCUT2D eigenvalue weighted by atomic mass is 16.3. The van der Waals surface area contributed by atoms with Gasteiger partial charge in [-0.25, -0.2) is 0 Å². The summed E-state index contributed by atoms with van der Waals surface area (Å²) in [5, 5.41) is 9.76. The topological polar surface area (TPSA) is 89.2 Å². The van der Waals surface area contributed by atoms with Gasteiger partial charge >= 0.3 is 0 Å². The van der Waals surface area contributed by atoms with Gasteiger partial charge < -0.3 is 15.1 Å². The maximum absolute atomic E-state index is 12.9. The van der Waals surface area contributed by atoms with Crippen LogP contribution >= 0.6 is 0 Å². The number of nitrogens with one attached hydrogen (secondary N) is 2.